The van der Waals surface area contributed by atoms with Gasteiger partial charge in [-0.25, -0.2) is 19.7 Å². The summed E-state index contributed by atoms with van der Waals surface area (Å²) in [5.41, 5.74) is 4.17. The smallest absolute Gasteiger partial charge is 0.315 e. The molecular formula is C22H19ClN6O2S. The van der Waals surface area contributed by atoms with Crippen molar-refractivity contribution in [2.75, 3.05) is 18.9 Å². The van der Waals surface area contributed by atoms with Gasteiger partial charge in [0.25, 0.3) is 0 Å². The van der Waals surface area contributed by atoms with Gasteiger partial charge in [-0.3, -0.25) is 4.79 Å². The Labute approximate surface area is 193 Å². The summed E-state index contributed by atoms with van der Waals surface area (Å²) in [6.45, 7) is 1.68. The Hall–Kier alpha value is -3.48. The number of carbonyl (C=O) groups is 2. The summed E-state index contributed by atoms with van der Waals surface area (Å²) >= 11 is 7.85. The van der Waals surface area contributed by atoms with E-state index in [2.05, 4.69) is 37.8 Å². The number of fused-ring (bicyclic) bond motifs is 3. The van der Waals surface area contributed by atoms with Crippen molar-refractivity contribution in [3.05, 3.63) is 46.2 Å². The van der Waals surface area contributed by atoms with Gasteiger partial charge in [0, 0.05) is 31.3 Å². The third kappa shape index (κ3) is 4.72. The van der Waals surface area contributed by atoms with E-state index in [1.54, 1.807) is 19.2 Å². The minimum absolute atomic E-state index is 0.157. The van der Waals surface area contributed by atoms with Crippen molar-refractivity contribution in [2.24, 2.45) is 0 Å². The van der Waals surface area contributed by atoms with Crippen LogP contribution in [0.5, 0.6) is 0 Å². The molecular weight excluding hydrogens is 448 g/mol. The van der Waals surface area contributed by atoms with Crippen molar-refractivity contribution in [3.8, 4) is 33.8 Å². The molecule has 3 amide bonds. The number of carbonyl (C=O) groups excluding carboxylic acids is 2. The second-order valence-electron chi connectivity index (χ2n) is 6.97. The fourth-order valence-corrected chi connectivity index (χ4v) is 4.50. The molecule has 3 N–H and O–H groups in total. The van der Waals surface area contributed by atoms with Gasteiger partial charge in [-0.05, 0) is 36.6 Å². The zero-order valence-electron chi connectivity index (χ0n) is 17.4. The van der Waals surface area contributed by atoms with E-state index in [-0.39, 0.29) is 18.5 Å². The van der Waals surface area contributed by atoms with Gasteiger partial charge >= 0.3 is 6.03 Å². The van der Waals surface area contributed by atoms with Crippen molar-refractivity contribution < 1.29 is 9.59 Å². The number of hydrogen-bond acceptors (Lipinski definition) is 6. The Morgan fingerprint density at radius 1 is 1.25 bits per heavy atom. The van der Waals surface area contributed by atoms with Crippen LogP contribution in [-0.2, 0) is 17.6 Å². The molecule has 1 aliphatic carbocycles. The Balaban J connectivity index is 1.65. The van der Waals surface area contributed by atoms with Crippen LogP contribution in [0.4, 0.5) is 9.93 Å². The molecule has 0 bridgehead atoms. The summed E-state index contributed by atoms with van der Waals surface area (Å²) in [5, 5.41) is 8.91. The molecule has 8 nitrogen and oxygen atoms in total. The first-order valence-electron chi connectivity index (χ1n) is 9.82. The molecule has 32 heavy (non-hydrogen) atoms. The fraction of sp³-hybridized carbons (Fsp3) is 0.227. The second-order valence-corrected chi connectivity index (χ2v) is 8.38. The van der Waals surface area contributed by atoms with E-state index < -0.39 is 0 Å². The van der Waals surface area contributed by atoms with E-state index in [1.165, 1.54) is 18.3 Å². The predicted octanol–water partition coefficient (Wildman–Crippen LogP) is 3.26. The molecule has 0 atom stereocenters. The summed E-state index contributed by atoms with van der Waals surface area (Å²) in [4.78, 5) is 37.4. The van der Waals surface area contributed by atoms with E-state index in [0.29, 0.717) is 21.5 Å². The zero-order valence-corrected chi connectivity index (χ0v) is 18.9. The lowest BCUT2D eigenvalue weighted by Crippen LogP contribution is -2.32. The molecule has 10 heteroatoms. The maximum atomic E-state index is 11.4. The average molecular weight is 467 g/mol. The summed E-state index contributed by atoms with van der Waals surface area (Å²) < 4.78 is 0. The van der Waals surface area contributed by atoms with Gasteiger partial charge < -0.3 is 16.0 Å². The quantitative estimate of drug-likeness (QED) is 0.513. The van der Waals surface area contributed by atoms with Gasteiger partial charge in [0.2, 0.25) is 5.91 Å². The van der Waals surface area contributed by atoms with Crippen LogP contribution in [-0.4, -0.2) is 40.5 Å². The number of rotatable bonds is 3. The number of halogens is 1. The summed E-state index contributed by atoms with van der Waals surface area (Å²) in [6, 6.07) is 5.10. The number of benzene rings is 1. The molecule has 0 spiro atoms. The molecule has 0 unspecified atom stereocenters. The first kappa shape index (κ1) is 21.7. The topological polar surface area (TPSA) is 109 Å². The Morgan fingerprint density at radius 2 is 2.09 bits per heavy atom. The Kier molecular flexibility index (Phi) is 6.35. The minimum Gasteiger partial charge on any atom is -0.341 e. The Bertz CT molecular complexity index is 1280. The van der Waals surface area contributed by atoms with Gasteiger partial charge in [-0.1, -0.05) is 34.8 Å². The Morgan fingerprint density at radius 3 is 2.88 bits per heavy atom. The van der Waals surface area contributed by atoms with Gasteiger partial charge in [-0.15, -0.1) is 0 Å². The molecule has 0 radical (unpaired) electrons. The third-order valence-corrected chi connectivity index (χ3v) is 6.04. The first-order valence-corrected chi connectivity index (χ1v) is 11.0. The summed E-state index contributed by atoms with van der Waals surface area (Å²) in [7, 11) is 1.54. The molecule has 0 saturated heterocycles. The predicted molar refractivity (Wildman–Crippen MR) is 125 cm³/mol. The highest BCUT2D eigenvalue weighted by molar-refractivity contribution is 7.19. The second kappa shape index (κ2) is 9.34. The van der Waals surface area contributed by atoms with Gasteiger partial charge in [0.05, 0.1) is 27.8 Å². The molecule has 0 saturated carbocycles. The number of urea groups is 1. The molecule has 1 aliphatic rings. The number of nitrogens with zero attached hydrogens (tertiary/aromatic N) is 3. The number of aromatic nitrogens is 3. The number of hydrogen-bond donors (Lipinski definition) is 3. The zero-order chi connectivity index (χ0) is 22.7. The standard InChI is InChI=1S/C22H19ClN6O2S/c1-12(30)27-22-28-17-8-6-14-11-26-20(29-18(14)19(17)32-22)15-10-13(5-7-16(15)23)4-3-9-25-21(31)24-2/h5,7,10-11H,6,8-9H2,1-2H3,(H2,24,25,31)(H,27,28,30). The van der Waals surface area contributed by atoms with Gasteiger partial charge in [-0.2, -0.15) is 0 Å². The largest absolute Gasteiger partial charge is 0.341 e. The van der Waals surface area contributed by atoms with Crippen LogP contribution < -0.4 is 16.0 Å². The van der Waals surface area contributed by atoms with Crippen LogP contribution in [0.15, 0.2) is 24.4 Å². The molecule has 3 aromatic rings. The minimum atomic E-state index is -0.289. The van der Waals surface area contributed by atoms with Crippen LogP contribution in [0, 0.1) is 11.8 Å². The van der Waals surface area contributed by atoms with Crippen molar-refractivity contribution in [2.45, 2.75) is 19.8 Å². The van der Waals surface area contributed by atoms with Crippen LogP contribution in [0.1, 0.15) is 23.7 Å². The van der Waals surface area contributed by atoms with Crippen molar-refractivity contribution in [1.29, 1.82) is 0 Å². The highest BCUT2D eigenvalue weighted by Gasteiger charge is 2.24. The van der Waals surface area contributed by atoms with E-state index in [0.717, 1.165) is 40.2 Å². The van der Waals surface area contributed by atoms with Crippen molar-refractivity contribution in [1.82, 2.24) is 25.6 Å². The van der Waals surface area contributed by atoms with Crippen molar-refractivity contribution in [3.63, 3.8) is 0 Å². The maximum absolute atomic E-state index is 11.4. The lowest BCUT2D eigenvalue weighted by molar-refractivity contribution is -0.114. The maximum Gasteiger partial charge on any atom is 0.315 e. The summed E-state index contributed by atoms with van der Waals surface area (Å²) in [6.07, 6.45) is 3.38. The van der Waals surface area contributed by atoms with E-state index in [4.69, 9.17) is 16.6 Å². The number of amides is 3. The first-order chi connectivity index (χ1) is 15.4. The lowest BCUT2D eigenvalue weighted by Gasteiger charge is -2.15. The molecule has 0 fully saturated rings. The van der Waals surface area contributed by atoms with Crippen LogP contribution in [0.3, 0.4) is 0 Å². The van der Waals surface area contributed by atoms with E-state index >= 15 is 0 Å². The monoisotopic (exact) mass is 466 g/mol. The SMILES string of the molecule is CNC(=O)NCC#Cc1ccc(Cl)c(-c2ncc3c(n2)-c2sc(NC(C)=O)nc2CC3)c1. The summed E-state index contributed by atoms with van der Waals surface area (Å²) in [5.74, 6) is 6.24. The highest BCUT2D eigenvalue weighted by atomic mass is 35.5. The number of thiazole rings is 1. The third-order valence-electron chi connectivity index (χ3n) is 4.70. The van der Waals surface area contributed by atoms with E-state index in [9.17, 15) is 9.59 Å². The molecule has 2 heterocycles. The lowest BCUT2D eigenvalue weighted by atomic mass is 9.99. The number of aryl methyl sites for hydroxylation is 2. The number of nitrogens with one attached hydrogen (secondary N) is 3. The molecule has 162 valence electrons. The highest BCUT2D eigenvalue weighted by Crippen LogP contribution is 2.39. The van der Waals surface area contributed by atoms with Crippen LogP contribution >= 0.6 is 22.9 Å². The molecule has 2 aromatic heterocycles. The van der Waals surface area contributed by atoms with E-state index in [1.807, 2.05) is 12.3 Å². The van der Waals surface area contributed by atoms with Crippen LogP contribution in [0.25, 0.3) is 22.0 Å². The normalized spacial score (nSPS) is 11.5. The van der Waals surface area contributed by atoms with Gasteiger partial charge in [0.1, 0.15) is 0 Å². The van der Waals surface area contributed by atoms with Crippen molar-refractivity contribution >= 4 is 40.0 Å². The molecule has 0 aliphatic heterocycles. The average Bonchev–Trinajstić information content (AvgIpc) is 3.19. The van der Waals surface area contributed by atoms with Gasteiger partial charge in [0.15, 0.2) is 11.0 Å². The molecule has 4 rings (SSSR count). The number of anilines is 1. The molecule has 1 aromatic carbocycles. The fourth-order valence-electron chi connectivity index (χ4n) is 3.21. The van der Waals surface area contributed by atoms with Crippen LogP contribution in [0.2, 0.25) is 5.02 Å².